The highest BCUT2D eigenvalue weighted by Gasteiger charge is 2.22. The predicted molar refractivity (Wildman–Crippen MR) is 76.6 cm³/mol. The average molecular weight is 259 g/mol. The molecule has 1 saturated heterocycles. The number of anilines is 1. The van der Waals surface area contributed by atoms with Crippen molar-refractivity contribution < 1.29 is 0 Å². The van der Waals surface area contributed by atoms with E-state index in [1.165, 1.54) is 12.8 Å². The monoisotopic (exact) mass is 259 g/mol. The molecule has 19 heavy (non-hydrogen) atoms. The highest BCUT2D eigenvalue weighted by molar-refractivity contribution is 5.69. The molecule has 1 aliphatic rings. The molecule has 0 N–H and O–H groups in total. The summed E-state index contributed by atoms with van der Waals surface area (Å²) in [5.74, 6) is 1.07. The summed E-state index contributed by atoms with van der Waals surface area (Å²) >= 11 is 0. The van der Waals surface area contributed by atoms with Crippen LogP contribution in [0, 0.1) is 6.92 Å². The van der Waals surface area contributed by atoms with Crippen molar-refractivity contribution in [1.29, 1.82) is 0 Å². The summed E-state index contributed by atoms with van der Waals surface area (Å²) in [5, 5.41) is 4.45. The second-order valence-corrected chi connectivity index (χ2v) is 5.55. The topological polar surface area (TPSA) is 36.7 Å². The molecule has 0 radical (unpaired) electrons. The van der Waals surface area contributed by atoms with E-state index in [9.17, 15) is 0 Å². The van der Waals surface area contributed by atoms with Gasteiger partial charge < -0.3 is 9.80 Å². The first kappa shape index (κ1) is 12.4. The Balaban J connectivity index is 1.85. The summed E-state index contributed by atoms with van der Waals surface area (Å²) in [7, 11) is 4.33. The minimum Gasteiger partial charge on any atom is -0.355 e. The Bertz CT molecular complexity index is 566. The SMILES string of the molecule is Cc1cc2c(N3CCC(N(C)C)CC3)nccn2n1. The van der Waals surface area contributed by atoms with Crippen molar-refractivity contribution in [2.24, 2.45) is 0 Å². The van der Waals surface area contributed by atoms with Crippen molar-refractivity contribution in [2.75, 3.05) is 32.1 Å². The summed E-state index contributed by atoms with van der Waals surface area (Å²) in [6.07, 6.45) is 6.15. The van der Waals surface area contributed by atoms with Crippen LogP contribution in [0.4, 0.5) is 5.82 Å². The first-order chi connectivity index (χ1) is 9.15. The van der Waals surface area contributed by atoms with Crippen LogP contribution in [0.5, 0.6) is 0 Å². The third-order valence-electron chi connectivity index (χ3n) is 3.99. The Morgan fingerprint density at radius 1 is 1.26 bits per heavy atom. The number of hydrogen-bond donors (Lipinski definition) is 0. The van der Waals surface area contributed by atoms with Gasteiger partial charge in [-0.15, -0.1) is 0 Å². The van der Waals surface area contributed by atoms with E-state index in [0.717, 1.165) is 30.1 Å². The van der Waals surface area contributed by atoms with Crippen LogP contribution in [0.1, 0.15) is 18.5 Å². The molecule has 0 amide bonds. The molecule has 0 atom stereocenters. The van der Waals surface area contributed by atoms with Crippen molar-refractivity contribution in [2.45, 2.75) is 25.8 Å². The van der Waals surface area contributed by atoms with Crippen LogP contribution in [0.3, 0.4) is 0 Å². The van der Waals surface area contributed by atoms with Crippen molar-refractivity contribution in [1.82, 2.24) is 19.5 Å². The predicted octanol–water partition coefficient (Wildman–Crippen LogP) is 1.57. The van der Waals surface area contributed by atoms with Gasteiger partial charge in [0.15, 0.2) is 5.82 Å². The van der Waals surface area contributed by atoms with E-state index < -0.39 is 0 Å². The van der Waals surface area contributed by atoms with E-state index in [0.29, 0.717) is 6.04 Å². The third-order valence-corrected chi connectivity index (χ3v) is 3.99. The molecule has 0 unspecified atom stereocenters. The minimum atomic E-state index is 0.697. The lowest BCUT2D eigenvalue weighted by atomic mass is 10.0. The molecule has 0 saturated carbocycles. The first-order valence-corrected chi connectivity index (χ1v) is 6.87. The van der Waals surface area contributed by atoms with Gasteiger partial charge in [-0.25, -0.2) is 9.50 Å². The molecule has 0 bridgehead atoms. The van der Waals surface area contributed by atoms with Gasteiger partial charge in [0.25, 0.3) is 0 Å². The molecule has 0 spiro atoms. The number of piperidine rings is 1. The van der Waals surface area contributed by atoms with Crippen molar-refractivity contribution in [3.8, 4) is 0 Å². The maximum absolute atomic E-state index is 4.57. The van der Waals surface area contributed by atoms with Gasteiger partial charge in [0.2, 0.25) is 0 Å². The van der Waals surface area contributed by atoms with E-state index >= 15 is 0 Å². The highest BCUT2D eigenvalue weighted by atomic mass is 15.3. The summed E-state index contributed by atoms with van der Waals surface area (Å²) < 4.78 is 1.93. The number of hydrogen-bond acceptors (Lipinski definition) is 4. The second kappa shape index (κ2) is 4.81. The zero-order chi connectivity index (χ0) is 13.4. The number of aromatic nitrogens is 3. The zero-order valence-electron chi connectivity index (χ0n) is 11.9. The number of rotatable bonds is 2. The fourth-order valence-electron chi connectivity index (χ4n) is 2.87. The molecule has 2 aromatic rings. The normalized spacial score (nSPS) is 17.6. The lowest BCUT2D eigenvalue weighted by Gasteiger charge is -2.35. The van der Waals surface area contributed by atoms with Gasteiger partial charge in [0, 0.05) is 31.5 Å². The van der Waals surface area contributed by atoms with Crippen molar-refractivity contribution >= 4 is 11.3 Å². The van der Waals surface area contributed by atoms with Gasteiger partial charge in [-0.05, 0) is 39.9 Å². The summed E-state index contributed by atoms with van der Waals surface area (Å²) in [4.78, 5) is 9.28. The maximum Gasteiger partial charge on any atom is 0.154 e. The first-order valence-electron chi connectivity index (χ1n) is 6.87. The average Bonchev–Trinajstić information content (AvgIpc) is 2.78. The molecule has 5 nitrogen and oxygen atoms in total. The van der Waals surface area contributed by atoms with Crippen LogP contribution in [-0.2, 0) is 0 Å². The molecule has 3 rings (SSSR count). The van der Waals surface area contributed by atoms with Crippen molar-refractivity contribution in [3.05, 3.63) is 24.2 Å². The molecule has 0 aliphatic carbocycles. The maximum atomic E-state index is 4.57. The van der Waals surface area contributed by atoms with Gasteiger partial charge in [-0.2, -0.15) is 5.10 Å². The largest absolute Gasteiger partial charge is 0.355 e. The molecular formula is C14H21N5. The van der Waals surface area contributed by atoms with Crippen LogP contribution in [0.25, 0.3) is 5.52 Å². The molecule has 3 heterocycles. The molecule has 2 aromatic heterocycles. The molecule has 102 valence electrons. The Labute approximate surface area is 113 Å². The van der Waals surface area contributed by atoms with Crippen LogP contribution in [0.15, 0.2) is 18.5 Å². The van der Waals surface area contributed by atoms with Gasteiger partial charge >= 0.3 is 0 Å². The van der Waals surface area contributed by atoms with Gasteiger partial charge in [0.05, 0.1) is 5.69 Å². The quantitative estimate of drug-likeness (QED) is 0.820. The molecule has 1 aliphatic heterocycles. The Kier molecular flexibility index (Phi) is 3.14. The van der Waals surface area contributed by atoms with E-state index in [1.54, 1.807) is 0 Å². The van der Waals surface area contributed by atoms with E-state index in [-0.39, 0.29) is 0 Å². The fraction of sp³-hybridized carbons (Fsp3) is 0.571. The Hall–Kier alpha value is -1.62. The van der Waals surface area contributed by atoms with Crippen LogP contribution >= 0.6 is 0 Å². The Morgan fingerprint density at radius 3 is 2.68 bits per heavy atom. The molecular weight excluding hydrogens is 238 g/mol. The van der Waals surface area contributed by atoms with Crippen LogP contribution < -0.4 is 4.90 Å². The Morgan fingerprint density at radius 2 is 2.00 bits per heavy atom. The van der Waals surface area contributed by atoms with Crippen LogP contribution in [-0.4, -0.2) is 52.7 Å². The molecule has 5 heteroatoms. The zero-order valence-corrected chi connectivity index (χ0v) is 11.9. The van der Waals surface area contributed by atoms with Crippen LogP contribution in [0.2, 0.25) is 0 Å². The smallest absolute Gasteiger partial charge is 0.154 e. The van der Waals surface area contributed by atoms with Gasteiger partial charge in [0.1, 0.15) is 5.52 Å². The molecule has 1 fully saturated rings. The highest BCUT2D eigenvalue weighted by Crippen LogP contribution is 2.24. The third kappa shape index (κ3) is 2.30. The van der Waals surface area contributed by atoms with E-state index in [4.69, 9.17) is 0 Å². The minimum absolute atomic E-state index is 0.697. The summed E-state index contributed by atoms with van der Waals surface area (Å²) in [6, 6.07) is 2.81. The number of aryl methyl sites for hydroxylation is 1. The lowest BCUT2D eigenvalue weighted by molar-refractivity contribution is 0.249. The second-order valence-electron chi connectivity index (χ2n) is 5.55. The molecule has 0 aromatic carbocycles. The fourth-order valence-corrected chi connectivity index (χ4v) is 2.87. The van der Waals surface area contributed by atoms with Gasteiger partial charge in [-0.1, -0.05) is 0 Å². The van der Waals surface area contributed by atoms with Gasteiger partial charge in [-0.3, -0.25) is 0 Å². The van der Waals surface area contributed by atoms with E-state index in [1.807, 2.05) is 23.8 Å². The number of fused-ring (bicyclic) bond motifs is 1. The lowest BCUT2D eigenvalue weighted by Crippen LogP contribution is -2.42. The van der Waals surface area contributed by atoms with Crippen molar-refractivity contribution in [3.63, 3.8) is 0 Å². The summed E-state index contributed by atoms with van der Waals surface area (Å²) in [5.41, 5.74) is 2.15. The standard InChI is InChI=1S/C14H21N5/c1-11-10-13-14(15-6-9-19(13)16-11)18-7-4-12(5-8-18)17(2)3/h6,9-10,12H,4-5,7-8H2,1-3H3. The van der Waals surface area contributed by atoms with E-state index in [2.05, 4.69) is 40.0 Å². The number of nitrogens with zero attached hydrogens (tertiary/aromatic N) is 5. The summed E-state index contributed by atoms with van der Waals surface area (Å²) in [6.45, 7) is 4.16.